The van der Waals surface area contributed by atoms with Gasteiger partial charge in [-0.3, -0.25) is 0 Å². The average molecular weight is 511 g/mol. The Labute approximate surface area is 211 Å². The van der Waals surface area contributed by atoms with Gasteiger partial charge < -0.3 is 18.9 Å². The molecule has 7 nitrogen and oxygen atoms in total. The zero-order chi connectivity index (χ0) is 25.6. The summed E-state index contributed by atoms with van der Waals surface area (Å²) in [5.74, 6) is 1.48. The molecule has 37 heavy (non-hydrogen) atoms. The van der Waals surface area contributed by atoms with Crippen LogP contribution in [0.15, 0.2) is 47.1 Å². The van der Waals surface area contributed by atoms with E-state index >= 15 is 0 Å². The van der Waals surface area contributed by atoms with Crippen LogP contribution >= 0.6 is 0 Å². The van der Waals surface area contributed by atoms with Crippen molar-refractivity contribution in [2.45, 2.75) is 75.6 Å². The number of alkyl halides is 3. The van der Waals surface area contributed by atoms with Crippen molar-refractivity contribution in [3.05, 3.63) is 59.5 Å². The second-order valence-electron chi connectivity index (χ2n) is 9.91. The molecule has 0 N–H and O–H groups in total. The standard InChI is InChI=1S/C27H25F3N4O3/c28-27(29,30)36-23-4-2-1-3-21(23)25-22(26(37-33-25)17-6-7-17)15-35-20-11-18-8-9-19(12-20)34(18)24-10-5-16(13-31)14-32-24/h1-5,10,14,17-20H,6-9,11-12,15H2/t18-,19+,20+. The summed E-state index contributed by atoms with van der Waals surface area (Å²) in [5.41, 5.74) is 1.80. The minimum absolute atomic E-state index is 0.00334. The Hall–Kier alpha value is -3.58. The van der Waals surface area contributed by atoms with Crippen LogP contribution in [-0.2, 0) is 11.3 Å². The molecule has 10 heteroatoms. The van der Waals surface area contributed by atoms with Crippen molar-refractivity contribution in [1.29, 1.82) is 5.26 Å². The minimum atomic E-state index is -4.81. The van der Waals surface area contributed by atoms with E-state index in [1.165, 1.54) is 12.1 Å². The lowest BCUT2D eigenvalue weighted by Gasteiger charge is -2.39. The van der Waals surface area contributed by atoms with Gasteiger partial charge in [0.25, 0.3) is 0 Å². The smallest absolute Gasteiger partial charge is 0.405 e. The van der Waals surface area contributed by atoms with E-state index in [1.807, 2.05) is 6.07 Å². The molecular formula is C27H25F3N4O3. The highest BCUT2D eigenvalue weighted by Crippen LogP contribution is 2.46. The molecule has 1 aliphatic carbocycles. The molecule has 3 fully saturated rings. The van der Waals surface area contributed by atoms with E-state index in [0.717, 1.165) is 44.3 Å². The highest BCUT2D eigenvalue weighted by molar-refractivity contribution is 5.70. The molecule has 2 saturated heterocycles. The number of fused-ring (bicyclic) bond motifs is 2. The van der Waals surface area contributed by atoms with Gasteiger partial charge in [0.2, 0.25) is 0 Å². The fraction of sp³-hybridized carbons (Fsp3) is 0.444. The van der Waals surface area contributed by atoms with Crippen molar-refractivity contribution in [3.8, 4) is 23.1 Å². The number of piperidine rings is 1. The first-order chi connectivity index (χ1) is 17.9. The Morgan fingerprint density at radius 1 is 1.05 bits per heavy atom. The maximum atomic E-state index is 13.0. The molecule has 0 spiro atoms. The molecule has 3 atom stereocenters. The zero-order valence-corrected chi connectivity index (χ0v) is 19.9. The number of hydrogen-bond acceptors (Lipinski definition) is 7. The zero-order valence-electron chi connectivity index (χ0n) is 19.9. The van der Waals surface area contributed by atoms with Gasteiger partial charge in [-0.05, 0) is 62.8 Å². The van der Waals surface area contributed by atoms with E-state index in [1.54, 1.807) is 24.4 Å². The minimum Gasteiger partial charge on any atom is -0.405 e. The van der Waals surface area contributed by atoms with Gasteiger partial charge >= 0.3 is 6.36 Å². The summed E-state index contributed by atoms with van der Waals surface area (Å²) >= 11 is 0. The number of nitriles is 1. The number of para-hydroxylation sites is 1. The molecule has 3 aromatic rings. The maximum absolute atomic E-state index is 13.0. The molecule has 2 aliphatic heterocycles. The first kappa shape index (κ1) is 23.8. The lowest BCUT2D eigenvalue weighted by molar-refractivity contribution is -0.274. The quantitative estimate of drug-likeness (QED) is 0.380. The van der Waals surface area contributed by atoms with Gasteiger partial charge in [-0.2, -0.15) is 5.26 Å². The molecule has 6 rings (SSSR count). The van der Waals surface area contributed by atoms with Crippen molar-refractivity contribution >= 4 is 5.82 Å². The predicted octanol–water partition coefficient (Wildman–Crippen LogP) is 6.10. The van der Waals surface area contributed by atoms with Crippen LogP contribution in [0.3, 0.4) is 0 Å². The molecular weight excluding hydrogens is 485 g/mol. The Balaban J connectivity index is 1.20. The number of hydrogen-bond donors (Lipinski definition) is 0. The average Bonchev–Trinajstić information content (AvgIpc) is 3.58. The van der Waals surface area contributed by atoms with E-state index in [-0.39, 0.29) is 42.0 Å². The number of rotatable bonds is 7. The number of pyridine rings is 1. The van der Waals surface area contributed by atoms with Crippen molar-refractivity contribution in [3.63, 3.8) is 0 Å². The third-order valence-electron chi connectivity index (χ3n) is 7.43. The number of benzene rings is 1. The molecule has 1 aromatic carbocycles. The number of nitrogens with zero attached hydrogens (tertiary/aromatic N) is 4. The third-order valence-corrected chi connectivity index (χ3v) is 7.43. The summed E-state index contributed by atoms with van der Waals surface area (Å²) in [6.07, 6.45) is 2.45. The van der Waals surface area contributed by atoms with Crippen molar-refractivity contribution in [1.82, 2.24) is 10.1 Å². The number of halogens is 3. The third kappa shape index (κ3) is 4.88. The molecule has 192 valence electrons. The lowest BCUT2D eigenvalue weighted by Crippen LogP contribution is -2.46. The van der Waals surface area contributed by atoms with Gasteiger partial charge in [0.05, 0.1) is 18.3 Å². The number of anilines is 1. The first-order valence-corrected chi connectivity index (χ1v) is 12.5. The Morgan fingerprint density at radius 2 is 1.81 bits per heavy atom. The van der Waals surface area contributed by atoms with E-state index in [4.69, 9.17) is 14.5 Å². The van der Waals surface area contributed by atoms with Crippen LogP contribution in [0.4, 0.5) is 19.0 Å². The monoisotopic (exact) mass is 510 g/mol. The fourth-order valence-electron chi connectivity index (χ4n) is 5.66. The SMILES string of the molecule is N#Cc1ccc(N2[C@@H]3CC[C@H]2C[C@@H](OCc2c(-c4ccccc4OC(F)(F)F)noc2C2CC2)C3)nc1. The summed E-state index contributed by atoms with van der Waals surface area (Å²) in [6, 6.07) is 12.4. The highest BCUT2D eigenvalue weighted by atomic mass is 19.4. The van der Waals surface area contributed by atoms with Gasteiger partial charge in [-0.1, -0.05) is 17.3 Å². The fourth-order valence-corrected chi connectivity index (χ4v) is 5.66. The molecule has 1 saturated carbocycles. The molecule has 0 unspecified atom stereocenters. The van der Waals surface area contributed by atoms with Crippen LogP contribution in [0.5, 0.6) is 5.75 Å². The molecule has 0 amide bonds. The summed E-state index contributed by atoms with van der Waals surface area (Å²) in [4.78, 5) is 6.83. The van der Waals surface area contributed by atoms with Gasteiger partial charge in [-0.15, -0.1) is 13.2 Å². The van der Waals surface area contributed by atoms with Crippen LogP contribution in [0, 0.1) is 11.3 Å². The van der Waals surface area contributed by atoms with Crippen LogP contribution in [0.1, 0.15) is 61.3 Å². The topological polar surface area (TPSA) is 84.4 Å². The van der Waals surface area contributed by atoms with Crippen LogP contribution in [0.25, 0.3) is 11.3 Å². The Bertz CT molecular complexity index is 1300. The first-order valence-electron chi connectivity index (χ1n) is 12.5. The van der Waals surface area contributed by atoms with Crippen molar-refractivity contribution in [2.75, 3.05) is 4.90 Å². The van der Waals surface area contributed by atoms with E-state index in [9.17, 15) is 13.2 Å². The highest BCUT2D eigenvalue weighted by Gasteiger charge is 2.42. The summed E-state index contributed by atoms with van der Waals surface area (Å²) in [6.45, 7) is 0.213. The molecule has 2 bridgehead atoms. The van der Waals surface area contributed by atoms with Gasteiger partial charge in [0.15, 0.2) is 0 Å². The second-order valence-corrected chi connectivity index (χ2v) is 9.91. The molecule has 3 aliphatic rings. The number of aromatic nitrogens is 2. The largest absolute Gasteiger partial charge is 0.573 e. The van der Waals surface area contributed by atoms with Gasteiger partial charge in [-0.25, -0.2) is 4.98 Å². The Kier molecular flexibility index (Phi) is 6.03. The van der Waals surface area contributed by atoms with Crippen LogP contribution in [-0.4, -0.2) is 34.7 Å². The Morgan fingerprint density at radius 3 is 2.46 bits per heavy atom. The van der Waals surface area contributed by atoms with E-state index in [0.29, 0.717) is 22.6 Å². The normalized spacial score (nSPS) is 23.2. The predicted molar refractivity (Wildman–Crippen MR) is 127 cm³/mol. The van der Waals surface area contributed by atoms with Crippen molar-refractivity contribution < 1.29 is 27.2 Å². The van der Waals surface area contributed by atoms with Crippen LogP contribution in [0.2, 0.25) is 0 Å². The van der Waals surface area contributed by atoms with Gasteiger partial charge in [0, 0.05) is 35.3 Å². The van der Waals surface area contributed by atoms with Crippen LogP contribution < -0.4 is 9.64 Å². The maximum Gasteiger partial charge on any atom is 0.573 e. The summed E-state index contributed by atoms with van der Waals surface area (Å²) in [5, 5.41) is 13.2. The van der Waals surface area contributed by atoms with Crippen molar-refractivity contribution in [2.24, 2.45) is 0 Å². The lowest BCUT2D eigenvalue weighted by atomic mass is 9.99. The summed E-state index contributed by atoms with van der Waals surface area (Å²) < 4.78 is 55.4. The molecule has 0 radical (unpaired) electrons. The summed E-state index contributed by atoms with van der Waals surface area (Å²) in [7, 11) is 0. The molecule has 4 heterocycles. The van der Waals surface area contributed by atoms with E-state index in [2.05, 4.69) is 25.8 Å². The van der Waals surface area contributed by atoms with Gasteiger partial charge in [0.1, 0.15) is 29.1 Å². The van der Waals surface area contributed by atoms with E-state index < -0.39 is 6.36 Å². The molecule has 2 aromatic heterocycles. The second kappa shape index (κ2) is 9.38. The number of ether oxygens (including phenoxy) is 2.